The van der Waals surface area contributed by atoms with E-state index >= 15 is 0 Å². The number of aliphatic carboxylic acids is 1. The zero-order valence-electron chi connectivity index (χ0n) is 12.0. The van der Waals surface area contributed by atoms with Crippen LogP contribution in [0.5, 0.6) is 5.75 Å². The zero-order valence-corrected chi connectivity index (χ0v) is 12.7. The molecule has 0 saturated heterocycles. The van der Waals surface area contributed by atoms with E-state index in [1.54, 1.807) is 18.2 Å². The van der Waals surface area contributed by atoms with Crippen molar-refractivity contribution in [2.45, 2.75) is 26.4 Å². The third-order valence-electron chi connectivity index (χ3n) is 3.19. The summed E-state index contributed by atoms with van der Waals surface area (Å²) in [4.78, 5) is 11.4. The molecule has 0 heterocycles. The van der Waals surface area contributed by atoms with Crippen molar-refractivity contribution in [2.75, 3.05) is 0 Å². The summed E-state index contributed by atoms with van der Waals surface area (Å²) in [6, 6.07) is 12.9. The molecule has 1 unspecified atom stereocenters. The lowest BCUT2D eigenvalue weighted by molar-refractivity contribution is -0.145. The van der Waals surface area contributed by atoms with Gasteiger partial charge in [0, 0.05) is 11.4 Å². The summed E-state index contributed by atoms with van der Waals surface area (Å²) in [6.07, 6.45) is -0.606. The summed E-state index contributed by atoms with van der Waals surface area (Å²) < 4.78 is 5.60. The molecule has 2 aromatic rings. The van der Waals surface area contributed by atoms with E-state index in [-0.39, 0.29) is 0 Å². The van der Waals surface area contributed by atoms with Crippen molar-refractivity contribution >= 4 is 17.6 Å². The average molecular weight is 305 g/mol. The largest absolute Gasteiger partial charge is 0.478 e. The van der Waals surface area contributed by atoms with Gasteiger partial charge in [-0.2, -0.15) is 0 Å². The summed E-state index contributed by atoms with van der Waals surface area (Å²) in [6.45, 7) is 3.83. The molecule has 1 N–H and O–H groups in total. The van der Waals surface area contributed by atoms with Crippen LogP contribution in [-0.4, -0.2) is 17.2 Å². The zero-order chi connectivity index (χ0) is 15.4. The van der Waals surface area contributed by atoms with Crippen molar-refractivity contribution in [3.63, 3.8) is 0 Å². The Balaban J connectivity index is 2.15. The van der Waals surface area contributed by atoms with Crippen molar-refractivity contribution in [1.82, 2.24) is 0 Å². The van der Waals surface area contributed by atoms with Crippen LogP contribution in [0.4, 0.5) is 0 Å². The summed E-state index contributed by atoms with van der Waals surface area (Å²) in [5.74, 6) is -0.471. The molecule has 1 atom stereocenters. The van der Waals surface area contributed by atoms with E-state index in [0.29, 0.717) is 17.2 Å². The van der Waals surface area contributed by atoms with Crippen LogP contribution in [-0.2, 0) is 11.2 Å². The second-order valence-electron chi connectivity index (χ2n) is 5.05. The van der Waals surface area contributed by atoms with Gasteiger partial charge in [0.2, 0.25) is 0 Å². The minimum absolute atomic E-state index is 0.318. The summed E-state index contributed by atoms with van der Waals surface area (Å²) >= 11 is 5.96. The van der Waals surface area contributed by atoms with Crippen LogP contribution in [0.1, 0.15) is 16.7 Å². The van der Waals surface area contributed by atoms with Crippen LogP contribution in [0.2, 0.25) is 5.02 Å². The molecule has 4 heteroatoms. The Hall–Kier alpha value is -2.00. The Morgan fingerprint density at radius 1 is 1.24 bits per heavy atom. The van der Waals surface area contributed by atoms with Crippen LogP contribution in [0.25, 0.3) is 0 Å². The van der Waals surface area contributed by atoms with Crippen molar-refractivity contribution < 1.29 is 14.6 Å². The van der Waals surface area contributed by atoms with E-state index in [2.05, 4.69) is 0 Å². The molecule has 110 valence electrons. The minimum Gasteiger partial charge on any atom is -0.478 e. The van der Waals surface area contributed by atoms with Crippen LogP contribution < -0.4 is 4.74 Å². The van der Waals surface area contributed by atoms with Gasteiger partial charge in [-0.3, -0.25) is 0 Å². The third-order valence-corrected chi connectivity index (χ3v) is 3.61. The molecule has 0 aliphatic rings. The van der Waals surface area contributed by atoms with Gasteiger partial charge < -0.3 is 9.84 Å². The van der Waals surface area contributed by atoms with E-state index in [1.165, 1.54) is 0 Å². The number of carboxylic acids is 1. The Morgan fingerprint density at radius 3 is 2.62 bits per heavy atom. The van der Waals surface area contributed by atoms with Crippen molar-refractivity contribution in [3.8, 4) is 5.75 Å². The molecule has 0 aliphatic carbocycles. The maximum atomic E-state index is 11.4. The first-order valence-electron chi connectivity index (χ1n) is 6.67. The first-order chi connectivity index (χ1) is 9.95. The number of halogens is 1. The van der Waals surface area contributed by atoms with E-state index in [0.717, 1.165) is 16.7 Å². The topological polar surface area (TPSA) is 46.5 Å². The van der Waals surface area contributed by atoms with Gasteiger partial charge in [0.05, 0.1) is 0 Å². The van der Waals surface area contributed by atoms with Gasteiger partial charge in [0.15, 0.2) is 6.10 Å². The lowest BCUT2D eigenvalue weighted by Gasteiger charge is -2.16. The van der Waals surface area contributed by atoms with Crippen LogP contribution in [0.15, 0.2) is 42.5 Å². The summed E-state index contributed by atoms with van der Waals surface area (Å²) in [5, 5.41) is 9.97. The van der Waals surface area contributed by atoms with Gasteiger partial charge in [-0.05, 0) is 43.2 Å². The number of hydrogen-bond acceptors (Lipinski definition) is 2. The molecule has 0 spiro atoms. The molecule has 0 aromatic heterocycles. The van der Waals surface area contributed by atoms with Crippen molar-refractivity contribution in [2.24, 2.45) is 0 Å². The standard InChI is InChI=1S/C17H17ClO3/c1-11-4-3-5-13(8-11)10-16(17(19)20)21-14-6-7-15(18)12(2)9-14/h3-9,16H,10H2,1-2H3,(H,19,20). The Kier molecular flexibility index (Phi) is 4.86. The van der Waals surface area contributed by atoms with E-state index in [1.807, 2.05) is 38.1 Å². The molecule has 0 aliphatic heterocycles. The quantitative estimate of drug-likeness (QED) is 0.907. The molecule has 2 aromatic carbocycles. The van der Waals surface area contributed by atoms with Crippen LogP contribution in [0, 0.1) is 13.8 Å². The van der Waals surface area contributed by atoms with Gasteiger partial charge in [-0.25, -0.2) is 4.79 Å². The second-order valence-corrected chi connectivity index (χ2v) is 5.46. The summed E-state index contributed by atoms with van der Waals surface area (Å²) in [7, 11) is 0. The highest BCUT2D eigenvalue weighted by molar-refractivity contribution is 6.31. The highest BCUT2D eigenvalue weighted by Crippen LogP contribution is 2.22. The first-order valence-corrected chi connectivity index (χ1v) is 7.04. The Morgan fingerprint density at radius 2 is 2.00 bits per heavy atom. The second kappa shape index (κ2) is 6.64. The number of carboxylic acid groups (broad SMARTS) is 1. The predicted molar refractivity (Wildman–Crippen MR) is 83.1 cm³/mol. The van der Waals surface area contributed by atoms with Gasteiger partial charge in [-0.1, -0.05) is 41.4 Å². The fourth-order valence-corrected chi connectivity index (χ4v) is 2.20. The smallest absolute Gasteiger partial charge is 0.345 e. The maximum Gasteiger partial charge on any atom is 0.345 e. The monoisotopic (exact) mass is 304 g/mol. The number of benzene rings is 2. The van der Waals surface area contributed by atoms with Crippen LogP contribution >= 0.6 is 11.6 Å². The maximum absolute atomic E-state index is 11.4. The van der Waals surface area contributed by atoms with E-state index in [9.17, 15) is 9.90 Å². The molecular weight excluding hydrogens is 288 g/mol. The first kappa shape index (κ1) is 15.4. The molecule has 0 saturated carbocycles. The SMILES string of the molecule is Cc1cccc(CC(Oc2ccc(Cl)c(C)c2)C(=O)O)c1. The lowest BCUT2D eigenvalue weighted by Crippen LogP contribution is -2.29. The number of rotatable bonds is 5. The summed E-state index contributed by atoms with van der Waals surface area (Å²) in [5.41, 5.74) is 2.89. The van der Waals surface area contributed by atoms with Crippen molar-refractivity contribution in [1.29, 1.82) is 0 Å². The molecule has 0 radical (unpaired) electrons. The Bertz CT molecular complexity index is 652. The molecule has 0 bridgehead atoms. The molecule has 0 amide bonds. The molecule has 3 nitrogen and oxygen atoms in total. The number of ether oxygens (including phenoxy) is 1. The highest BCUT2D eigenvalue weighted by Gasteiger charge is 2.20. The highest BCUT2D eigenvalue weighted by atomic mass is 35.5. The van der Waals surface area contributed by atoms with Gasteiger partial charge in [0.25, 0.3) is 0 Å². The van der Waals surface area contributed by atoms with E-state index in [4.69, 9.17) is 16.3 Å². The van der Waals surface area contributed by atoms with Gasteiger partial charge in [-0.15, -0.1) is 0 Å². The third kappa shape index (κ3) is 4.23. The fourth-order valence-electron chi connectivity index (χ4n) is 2.09. The lowest BCUT2D eigenvalue weighted by atomic mass is 10.1. The average Bonchev–Trinajstić information content (AvgIpc) is 2.42. The normalized spacial score (nSPS) is 12.0. The fraction of sp³-hybridized carbons (Fsp3) is 0.235. The molecule has 2 rings (SSSR count). The van der Waals surface area contributed by atoms with Crippen LogP contribution in [0.3, 0.4) is 0 Å². The number of aryl methyl sites for hydroxylation is 2. The predicted octanol–water partition coefficient (Wildman–Crippen LogP) is 4.03. The van der Waals surface area contributed by atoms with E-state index < -0.39 is 12.1 Å². The van der Waals surface area contributed by atoms with Gasteiger partial charge >= 0.3 is 5.97 Å². The van der Waals surface area contributed by atoms with Gasteiger partial charge in [0.1, 0.15) is 5.75 Å². The number of carbonyl (C=O) groups is 1. The molecule has 0 fully saturated rings. The molecular formula is C17H17ClO3. The Labute approximate surface area is 129 Å². The number of hydrogen-bond donors (Lipinski definition) is 1. The molecule has 21 heavy (non-hydrogen) atoms. The van der Waals surface area contributed by atoms with Crippen molar-refractivity contribution in [3.05, 3.63) is 64.2 Å². The minimum atomic E-state index is -0.982.